The second-order valence-electron chi connectivity index (χ2n) is 7.92. The predicted octanol–water partition coefficient (Wildman–Crippen LogP) is 2.25. The summed E-state index contributed by atoms with van der Waals surface area (Å²) in [7, 11) is 0. The van der Waals surface area contributed by atoms with Crippen LogP contribution in [0.2, 0.25) is 0 Å². The zero-order valence-corrected chi connectivity index (χ0v) is 18.9. The lowest BCUT2D eigenvalue weighted by Crippen LogP contribution is -2.49. The third-order valence-electron chi connectivity index (χ3n) is 5.72. The number of carbonyl (C=O) groups is 3. The van der Waals surface area contributed by atoms with E-state index >= 15 is 0 Å². The standard InChI is InChI=1S/C24H27N5O5/c1-2-33-22(31)19-17(27-24(32)28-20(19)16-9-4-3-5-10-16)15-34-21(30)18-11-6-7-14-29(18)23-25-12-8-13-26-23/h3-5,8-10,12-13,18,20H,2,6-7,11,14-15H2,1H3,(H2,27,28,32). The Morgan fingerprint density at radius 1 is 1.09 bits per heavy atom. The van der Waals surface area contributed by atoms with Crippen molar-refractivity contribution in [2.75, 3.05) is 24.7 Å². The van der Waals surface area contributed by atoms with Crippen LogP contribution in [0.15, 0.2) is 60.1 Å². The van der Waals surface area contributed by atoms with Gasteiger partial charge in [0.1, 0.15) is 12.6 Å². The minimum absolute atomic E-state index is 0.166. The Morgan fingerprint density at radius 2 is 1.85 bits per heavy atom. The number of aromatic nitrogens is 2. The number of carbonyl (C=O) groups excluding carboxylic acids is 3. The number of piperidine rings is 1. The molecule has 1 aromatic heterocycles. The zero-order chi connectivity index (χ0) is 23.9. The Hall–Kier alpha value is -3.95. The molecule has 4 rings (SSSR count). The van der Waals surface area contributed by atoms with Gasteiger partial charge in [0.15, 0.2) is 0 Å². The molecule has 2 N–H and O–H groups in total. The van der Waals surface area contributed by atoms with Crippen LogP contribution >= 0.6 is 0 Å². The third kappa shape index (κ3) is 5.16. The van der Waals surface area contributed by atoms with Crippen molar-refractivity contribution in [2.24, 2.45) is 0 Å². The molecule has 3 heterocycles. The molecule has 0 bridgehead atoms. The van der Waals surface area contributed by atoms with Crippen molar-refractivity contribution >= 4 is 23.9 Å². The zero-order valence-electron chi connectivity index (χ0n) is 18.9. The lowest BCUT2D eigenvalue weighted by atomic mass is 9.95. The van der Waals surface area contributed by atoms with Gasteiger partial charge in [-0.05, 0) is 37.8 Å². The van der Waals surface area contributed by atoms with Crippen LogP contribution in [0, 0.1) is 0 Å². The number of rotatable bonds is 7. The lowest BCUT2D eigenvalue weighted by Gasteiger charge is -2.34. The molecule has 10 nitrogen and oxygen atoms in total. The maximum atomic E-state index is 13.1. The summed E-state index contributed by atoms with van der Waals surface area (Å²) >= 11 is 0. The molecule has 0 aliphatic carbocycles. The number of ether oxygens (including phenoxy) is 2. The number of benzene rings is 1. The quantitative estimate of drug-likeness (QED) is 0.597. The molecule has 2 aromatic rings. The van der Waals surface area contributed by atoms with Gasteiger partial charge in [-0.15, -0.1) is 0 Å². The number of hydrogen-bond acceptors (Lipinski definition) is 8. The molecular formula is C24H27N5O5. The van der Waals surface area contributed by atoms with Crippen molar-refractivity contribution in [3.8, 4) is 0 Å². The maximum absolute atomic E-state index is 13.1. The van der Waals surface area contributed by atoms with Gasteiger partial charge in [-0.2, -0.15) is 0 Å². The van der Waals surface area contributed by atoms with Crippen molar-refractivity contribution in [1.29, 1.82) is 0 Å². The molecule has 1 saturated heterocycles. The number of anilines is 1. The highest BCUT2D eigenvalue weighted by atomic mass is 16.5. The molecule has 0 saturated carbocycles. The summed E-state index contributed by atoms with van der Waals surface area (Å²) in [5.41, 5.74) is 1.11. The van der Waals surface area contributed by atoms with Crippen molar-refractivity contribution in [1.82, 2.24) is 20.6 Å². The number of urea groups is 1. The third-order valence-corrected chi connectivity index (χ3v) is 5.72. The van der Waals surface area contributed by atoms with Gasteiger partial charge in [0.2, 0.25) is 5.95 Å². The summed E-state index contributed by atoms with van der Waals surface area (Å²) in [6, 6.07) is 9.02. The van der Waals surface area contributed by atoms with Crippen molar-refractivity contribution in [2.45, 2.75) is 38.3 Å². The Labute approximate surface area is 197 Å². The van der Waals surface area contributed by atoms with E-state index in [2.05, 4.69) is 20.6 Å². The van der Waals surface area contributed by atoms with Crippen LogP contribution in [0.3, 0.4) is 0 Å². The van der Waals surface area contributed by atoms with Crippen molar-refractivity contribution in [3.63, 3.8) is 0 Å². The van der Waals surface area contributed by atoms with E-state index in [-0.39, 0.29) is 24.5 Å². The smallest absolute Gasteiger partial charge is 0.338 e. The van der Waals surface area contributed by atoms with Gasteiger partial charge in [0, 0.05) is 18.9 Å². The second kappa shape index (κ2) is 10.8. The van der Waals surface area contributed by atoms with E-state index in [4.69, 9.17) is 9.47 Å². The van der Waals surface area contributed by atoms with Gasteiger partial charge in [-0.3, -0.25) is 0 Å². The van der Waals surface area contributed by atoms with E-state index in [0.717, 1.165) is 12.8 Å². The normalized spacial score (nSPS) is 20.3. The second-order valence-corrected chi connectivity index (χ2v) is 7.92. The number of amides is 2. The predicted molar refractivity (Wildman–Crippen MR) is 122 cm³/mol. The molecule has 178 valence electrons. The number of hydrogen-bond donors (Lipinski definition) is 2. The summed E-state index contributed by atoms with van der Waals surface area (Å²) < 4.78 is 10.9. The number of nitrogens with one attached hydrogen (secondary N) is 2. The average Bonchev–Trinajstić information content (AvgIpc) is 2.88. The summed E-state index contributed by atoms with van der Waals surface area (Å²) in [4.78, 5) is 48.7. The van der Waals surface area contributed by atoms with E-state index in [9.17, 15) is 14.4 Å². The lowest BCUT2D eigenvalue weighted by molar-refractivity contribution is -0.145. The molecule has 0 spiro atoms. The van der Waals surface area contributed by atoms with Crippen LogP contribution in [-0.4, -0.2) is 53.7 Å². The van der Waals surface area contributed by atoms with Crippen LogP contribution in [0.1, 0.15) is 37.8 Å². The molecule has 2 atom stereocenters. The number of nitrogens with zero attached hydrogens (tertiary/aromatic N) is 3. The molecule has 1 aromatic carbocycles. The minimum Gasteiger partial charge on any atom is -0.463 e. The number of esters is 2. The molecule has 2 unspecified atom stereocenters. The molecule has 34 heavy (non-hydrogen) atoms. The molecule has 2 aliphatic rings. The van der Waals surface area contributed by atoms with Gasteiger partial charge < -0.3 is 25.0 Å². The fourth-order valence-electron chi connectivity index (χ4n) is 4.17. The van der Waals surface area contributed by atoms with Gasteiger partial charge in [-0.25, -0.2) is 24.4 Å². The summed E-state index contributed by atoms with van der Waals surface area (Å²) in [6.45, 7) is 2.23. The monoisotopic (exact) mass is 465 g/mol. The molecular weight excluding hydrogens is 438 g/mol. The molecule has 0 radical (unpaired) electrons. The SMILES string of the molecule is CCOC(=O)C1=C(COC(=O)C2CCCCN2c2ncccn2)NC(=O)NC1c1ccccc1. The van der Waals surface area contributed by atoms with Crippen molar-refractivity contribution < 1.29 is 23.9 Å². The first-order valence-electron chi connectivity index (χ1n) is 11.3. The van der Waals surface area contributed by atoms with Gasteiger partial charge in [-0.1, -0.05) is 30.3 Å². The Bertz CT molecular complexity index is 1060. The van der Waals surface area contributed by atoms with Gasteiger partial charge in [0.05, 0.1) is 23.9 Å². The fraction of sp³-hybridized carbons (Fsp3) is 0.375. The van der Waals surface area contributed by atoms with Crippen LogP contribution in [0.25, 0.3) is 0 Å². The van der Waals surface area contributed by atoms with Gasteiger partial charge in [0.25, 0.3) is 0 Å². The van der Waals surface area contributed by atoms with Crippen LogP contribution < -0.4 is 15.5 Å². The van der Waals surface area contributed by atoms with E-state index < -0.39 is 30.1 Å². The average molecular weight is 466 g/mol. The van der Waals surface area contributed by atoms with Gasteiger partial charge >= 0.3 is 18.0 Å². The largest absolute Gasteiger partial charge is 0.463 e. The highest BCUT2D eigenvalue weighted by Crippen LogP contribution is 2.28. The summed E-state index contributed by atoms with van der Waals surface area (Å²) in [6.07, 6.45) is 5.65. The van der Waals surface area contributed by atoms with E-state index in [1.165, 1.54) is 0 Å². The molecule has 1 fully saturated rings. The summed E-state index contributed by atoms with van der Waals surface area (Å²) in [5.74, 6) is -0.589. The van der Waals surface area contributed by atoms with Crippen LogP contribution in [-0.2, 0) is 19.1 Å². The van der Waals surface area contributed by atoms with E-state index in [0.29, 0.717) is 24.5 Å². The highest BCUT2D eigenvalue weighted by molar-refractivity contribution is 5.95. The van der Waals surface area contributed by atoms with E-state index in [1.54, 1.807) is 37.5 Å². The molecule has 2 aliphatic heterocycles. The van der Waals surface area contributed by atoms with E-state index in [1.807, 2.05) is 23.1 Å². The Balaban J connectivity index is 1.57. The fourth-order valence-corrected chi connectivity index (χ4v) is 4.17. The first-order chi connectivity index (χ1) is 16.6. The highest BCUT2D eigenvalue weighted by Gasteiger charge is 2.36. The van der Waals surface area contributed by atoms with Crippen molar-refractivity contribution in [3.05, 3.63) is 65.6 Å². The maximum Gasteiger partial charge on any atom is 0.338 e. The molecule has 2 amide bonds. The Morgan fingerprint density at radius 3 is 2.59 bits per heavy atom. The topological polar surface area (TPSA) is 123 Å². The van der Waals surface area contributed by atoms with Crippen LogP contribution in [0.5, 0.6) is 0 Å². The first-order valence-corrected chi connectivity index (χ1v) is 11.3. The van der Waals surface area contributed by atoms with Crippen LogP contribution in [0.4, 0.5) is 10.7 Å². The minimum atomic E-state index is -0.730. The molecule has 10 heteroatoms. The first kappa shape index (κ1) is 23.2. The summed E-state index contributed by atoms with van der Waals surface area (Å²) in [5, 5.41) is 5.38. The Kier molecular flexibility index (Phi) is 7.36.